The Morgan fingerprint density at radius 2 is 2.40 bits per heavy atom. The first-order valence-corrected chi connectivity index (χ1v) is 5.52. The Morgan fingerprint density at radius 1 is 1.67 bits per heavy atom. The van der Waals surface area contributed by atoms with E-state index in [2.05, 4.69) is 10.3 Å². The lowest BCUT2D eigenvalue weighted by Crippen LogP contribution is -2.21. The van der Waals surface area contributed by atoms with Crippen molar-refractivity contribution in [1.82, 2.24) is 10.3 Å². The number of carbonyl (C=O) groups excluding carboxylic acids is 1. The van der Waals surface area contributed by atoms with Crippen LogP contribution in [0, 0.1) is 0 Å². The van der Waals surface area contributed by atoms with Crippen LogP contribution in [0.4, 0.5) is 5.13 Å². The van der Waals surface area contributed by atoms with Crippen LogP contribution in [0.3, 0.4) is 0 Å². The fourth-order valence-electron chi connectivity index (χ4n) is 1.01. The van der Waals surface area contributed by atoms with E-state index in [1.165, 1.54) is 0 Å². The van der Waals surface area contributed by atoms with Crippen LogP contribution in [0.5, 0.6) is 0 Å². The first-order chi connectivity index (χ1) is 7.09. The zero-order valence-corrected chi connectivity index (χ0v) is 9.80. The second-order valence-electron chi connectivity index (χ2n) is 3.40. The number of amides is 1. The van der Waals surface area contributed by atoms with E-state index in [1.807, 2.05) is 25.2 Å². The molecular formula is C9H16N4OS. The Hall–Kier alpha value is -1.14. The molecule has 84 valence electrons. The molecule has 1 amide bonds. The van der Waals surface area contributed by atoms with Crippen molar-refractivity contribution < 1.29 is 4.79 Å². The van der Waals surface area contributed by atoms with Crippen molar-refractivity contribution in [2.75, 3.05) is 25.5 Å². The molecule has 15 heavy (non-hydrogen) atoms. The van der Waals surface area contributed by atoms with E-state index in [0.29, 0.717) is 13.0 Å². The van der Waals surface area contributed by atoms with Gasteiger partial charge in [-0.2, -0.15) is 0 Å². The molecular weight excluding hydrogens is 212 g/mol. The van der Waals surface area contributed by atoms with Crippen LogP contribution in [0.15, 0.2) is 6.20 Å². The Kier molecular flexibility index (Phi) is 4.51. The molecule has 0 aliphatic rings. The number of rotatable bonds is 6. The van der Waals surface area contributed by atoms with Gasteiger partial charge in [-0.25, -0.2) is 4.98 Å². The van der Waals surface area contributed by atoms with Gasteiger partial charge in [0.25, 0.3) is 0 Å². The maximum absolute atomic E-state index is 10.5. The second kappa shape index (κ2) is 5.67. The highest BCUT2D eigenvalue weighted by Gasteiger charge is 2.02. The van der Waals surface area contributed by atoms with Crippen LogP contribution in [0.2, 0.25) is 0 Å². The molecule has 0 saturated carbocycles. The third-order valence-corrected chi connectivity index (χ3v) is 2.94. The lowest BCUT2D eigenvalue weighted by Gasteiger charge is -2.05. The van der Waals surface area contributed by atoms with Crippen molar-refractivity contribution in [1.29, 1.82) is 0 Å². The fourth-order valence-corrected chi connectivity index (χ4v) is 1.81. The van der Waals surface area contributed by atoms with Crippen molar-refractivity contribution in [2.24, 2.45) is 5.73 Å². The van der Waals surface area contributed by atoms with E-state index in [-0.39, 0.29) is 5.91 Å². The zero-order chi connectivity index (χ0) is 11.3. The number of anilines is 1. The number of nitrogens with zero attached hydrogens (tertiary/aromatic N) is 2. The number of carbonyl (C=O) groups is 1. The standard InChI is InChI=1S/C9H16N4OS/c1-13(2)9-12-6-7(15-9)5-11-4-3-8(10)14/h6,11H,3-5H2,1-2H3,(H2,10,14). The van der Waals surface area contributed by atoms with E-state index < -0.39 is 0 Å². The minimum Gasteiger partial charge on any atom is -0.370 e. The molecule has 5 nitrogen and oxygen atoms in total. The van der Waals surface area contributed by atoms with Crippen molar-refractivity contribution >= 4 is 22.4 Å². The van der Waals surface area contributed by atoms with Crippen molar-refractivity contribution in [2.45, 2.75) is 13.0 Å². The molecule has 0 unspecified atom stereocenters. The summed E-state index contributed by atoms with van der Waals surface area (Å²) in [7, 11) is 3.92. The molecule has 3 N–H and O–H groups in total. The maximum Gasteiger partial charge on any atom is 0.218 e. The molecule has 0 saturated heterocycles. The van der Waals surface area contributed by atoms with Crippen LogP contribution in [-0.2, 0) is 11.3 Å². The molecule has 0 aliphatic heterocycles. The molecule has 0 spiro atoms. The third-order valence-electron chi connectivity index (χ3n) is 1.77. The van der Waals surface area contributed by atoms with Gasteiger partial charge >= 0.3 is 0 Å². The highest BCUT2D eigenvalue weighted by atomic mass is 32.1. The van der Waals surface area contributed by atoms with Crippen molar-refractivity contribution in [3.8, 4) is 0 Å². The summed E-state index contributed by atoms with van der Waals surface area (Å²) in [6.07, 6.45) is 2.22. The Labute approximate surface area is 93.3 Å². The highest BCUT2D eigenvalue weighted by Crippen LogP contribution is 2.19. The van der Waals surface area contributed by atoms with Crippen molar-refractivity contribution in [3.63, 3.8) is 0 Å². The van der Waals surface area contributed by atoms with E-state index in [9.17, 15) is 4.79 Å². The van der Waals surface area contributed by atoms with Crippen LogP contribution in [0.1, 0.15) is 11.3 Å². The smallest absolute Gasteiger partial charge is 0.218 e. The van der Waals surface area contributed by atoms with Crippen LogP contribution in [-0.4, -0.2) is 31.5 Å². The molecule has 1 aromatic heterocycles. The SMILES string of the molecule is CN(C)c1ncc(CNCCC(N)=O)s1. The molecule has 1 heterocycles. The maximum atomic E-state index is 10.5. The van der Waals surface area contributed by atoms with Gasteiger partial charge < -0.3 is 16.0 Å². The average molecular weight is 228 g/mol. The Balaban J connectivity index is 2.28. The summed E-state index contributed by atoms with van der Waals surface area (Å²) in [5.74, 6) is -0.277. The van der Waals surface area contributed by atoms with E-state index in [1.54, 1.807) is 11.3 Å². The molecule has 0 fully saturated rings. The van der Waals surface area contributed by atoms with E-state index in [0.717, 1.165) is 16.6 Å². The quantitative estimate of drug-likeness (QED) is 0.681. The summed E-state index contributed by atoms with van der Waals surface area (Å²) in [5.41, 5.74) is 5.02. The lowest BCUT2D eigenvalue weighted by molar-refractivity contribution is -0.117. The Bertz CT molecular complexity index is 324. The van der Waals surface area contributed by atoms with Crippen molar-refractivity contribution in [3.05, 3.63) is 11.1 Å². The third kappa shape index (κ3) is 4.26. The molecule has 0 radical (unpaired) electrons. The number of hydrogen-bond acceptors (Lipinski definition) is 5. The van der Waals surface area contributed by atoms with Gasteiger partial charge in [0.05, 0.1) is 0 Å². The first kappa shape index (κ1) is 11.9. The summed E-state index contributed by atoms with van der Waals surface area (Å²) in [4.78, 5) is 17.8. The van der Waals surface area contributed by atoms with Gasteiger partial charge in [0.2, 0.25) is 5.91 Å². The number of primary amides is 1. The van der Waals surface area contributed by atoms with Crippen LogP contribution >= 0.6 is 11.3 Å². The topological polar surface area (TPSA) is 71.2 Å². The molecule has 0 bridgehead atoms. The monoisotopic (exact) mass is 228 g/mol. The van der Waals surface area contributed by atoms with Crippen LogP contribution < -0.4 is 16.0 Å². The highest BCUT2D eigenvalue weighted by molar-refractivity contribution is 7.15. The second-order valence-corrected chi connectivity index (χ2v) is 4.49. The molecule has 0 aromatic carbocycles. The minimum atomic E-state index is -0.277. The summed E-state index contributed by atoms with van der Waals surface area (Å²) in [5, 5.41) is 4.12. The number of thiazole rings is 1. The number of aromatic nitrogens is 1. The number of hydrogen-bond donors (Lipinski definition) is 2. The molecule has 0 atom stereocenters. The van der Waals surface area contributed by atoms with E-state index >= 15 is 0 Å². The zero-order valence-electron chi connectivity index (χ0n) is 8.99. The first-order valence-electron chi connectivity index (χ1n) is 4.70. The summed E-state index contributed by atoms with van der Waals surface area (Å²) < 4.78 is 0. The van der Waals surface area contributed by atoms with Crippen LogP contribution in [0.25, 0.3) is 0 Å². The predicted molar refractivity (Wildman–Crippen MR) is 62.0 cm³/mol. The minimum absolute atomic E-state index is 0.277. The predicted octanol–water partition coefficient (Wildman–Crippen LogP) is 0.174. The van der Waals surface area contributed by atoms with Gasteiger partial charge in [0, 0.05) is 44.7 Å². The normalized spacial score (nSPS) is 10.3. The van der Waals surface area contributed by atoms with Gasteiger partial charge in [-0.3, -0.25) is 4.79 Å². The summed E-state index contributed by atoms with van der Waals surface area (Å²) in [6.45, 7) is 1.35. The molecule has 6 heteroatoms. The average Bonchev–Trinajstić information content (AvgIpc) is 2.60. The molecule has 1 aromatic rings. The Morgan fingerprint density at radius 3 is 2.93 bits per heavy atom. The molecule has 0 aliphatic carbocycles. The van der Waals surface area contributed by atoms with Gasteiger partial charge in [-0.15, -0.1) is 11.3 Å². The van der Waals surface area contributed by atoms with Gasteiger partial charge in [0.1, 0.15) is 0 Å². The van der Waals surface area contributed by atoms with Gasteiger partial charge in [-0.1, -0.05) is 0 Å². The summed E-state index contributed by atoms with van der Waals surface area (Å²) in [6, 6.07) is 0. The lowest BCUT2D eigenvalue weighted by atomic mass is 10.4. The number of nitrogens with two attached hydrogens (primary N) is 1. The largest absolute Gasteiger partial charge is 0.370 e. The van der Waals surface area contributed by atoms with E-state index in [4.69, 9.17) is 5.73 Å². The summed E-state index contributed by atoms with van der Waals surface area (Å²) >= 11 is 1.64. The molecule has 1 rings (SSSR count). The van der Waals surface area contributed by atoms with Gasteiger partial charge in [0.15, 0.2) is 5.13 Å². The number of nitrogens with one attached hydrogen (secondary N) is 1. The fraction of sp³-hybridized carbons (Fsp3) is 0.556. The van der Waals surface area contributed by atoms with Gasteiger partial charge in [-0.05, 0) is 0 Å².